The Kier molecular flexibility index (Phi) is 7.59. The average Bonchev–Trinajstić information content (AvgIpc) is 2.60. The molecule has 2 amide bonds. The molecule has 0 aromatic heterocycles. The van der Waals surface area contributed by atoms with Crippen LogP contribution in [0.3, 0.4) is 0 Å². The van der Waals surface area contributed by atoms with E-state index in [0.717, 1.165) is 4.47 Å². The Morgan fingerprint density at radius 3 is 1.85 bits per heavy atom. The van der Waals surface area contributed by atoms with E-state index in [1.165, 1.54) is 0 Å². The number of nitrogens with one attached hydrogen (secondary N) is 2. The highest BCUT2D eigenvalue weighted by Gasteiger charge is 2.16. The molecule has 0 unspecified atom stereocenters. The first-order valence-corrected chi connectivity index (χ1v) is 9.26. The van der Waals surface area contributed by atoms with Crippen LogP contribution < -0.4 is 24.8 Å². The molecule has 0 atom stereocenters. The first-order chi connectivity index (χ1) is 12.6. The fourth-order valence-electron chi connectivity index (χ4n) is 2.29. The predicted molar refractivity (Wildman–Crippen MR) is 107 cm³/mol. The van der Waals surface area contributed by atoms with Crippen molar-refractivity contribution in [2.45, 2.75) is 20.8 Å². The zero-order valence-electron chi connectivity index (χ0n) is 15.1. The summed E-state index contributed by atoms with van der Waals surface area (Å²) in [7, 11) is 0. The number of hydrogen-bond donors (Lipinski definition) is 2. The summed E-state index contributed by atoms with van der Waals surface area (Å²) in [6.45, 7) is 7.09. The Labute approximate surface area is 162 Å². The number of anilines is 2. The first kappa shape index (κ1) is 19.9. The van der Waals surface area contributed by atoms with Crippen molar-refractivity contribution in [1.29, 1.82) is 0 Å². The van der Waals surface area contributed by atoms with Crippen molar-refractivity contribution in [2.75, 3.05) is 30.5 Å². The van der Waals surface area contributed by atoms with Crippen molar-refractivity contribution >= 4 is 33.3 Å². The van der Waals surface area contributed by atoms with Crippen molar-refractivity contribution in [1.82, 2.24) is 0 Å². The molecule has 2 aromatic carbocycles. The molecular weight excluding hydrogens is 400 g/mol. The maximum absolute atomic E-state index is 12.3. The fraction of sp³-hybridized carbons (Fsp3) is 0.316. The van der Waals surface area contributed by atoms with Crippen LogP contribution in [0.5, 0.6) is 17.2 Å². The molecule has 0 heterocycles. The molecule has 0 saturated carbocycles. The molecule has 0 fully saturated rings. The Balaban J connectivity index is 2.21. The lowest BCUT2D eigenvalue weighted by Gasteiger charge is -2.17. The van der Waals surface area contributed by atoms with Gasteiger partial charge in [-0.25, -0.2) is 4.79 Å². The molecular formula is C19H23BrN2O4. The molecule has 0 saturated heterocycles. The van der Waals surface area contributed by atoms with E-state index in [0.29, 0.717) is 48.4 Å². The second-order valence-corrected chi connectivity index (χ2v) is 6.10. The normalized spacial score (nSPS) is 10.2. The van der Waals surface area contributed by atoms with Gasteiger partial charge in [0.25, 0.3) is 0 Å². The Morgan fingerprint density at radius 1 is 0.846 bits per heavy atom. The van der Waals surface area contributed by atoms with E-state index in [9.17, 15) is 4.79 Å². The van der Waals surface area contributed by atoms with Crippen LogP contribution in [0.2, 0.25) is 0 Å². The van der Waals surface area contributed by atoms with Crippen molar-refractivity contribution in [3.63, 3.8) is 0 Å². The number of carbonyl (C=O) groups is 1. The lowest BCUT2D eigenvalue weighted by molar-refractivity contribution is 0.260. The number of rotatable bonds is 8. The first-order valence-electron chi connectivity index (χ1n) is 8.47. The third kappa shape index (κ3) is 5.56. The van der Waals surface area contributed by atoms with Crippen LogP contribution in [0.25, 0.3) is 0 Å². The molecule has 26 heavy (non-hydrogen) atoms. The van der Waals surface area contributed by atoms with Crippen molar-refractivity contribution in [3.05, 3.63) is 40.9 Å². The van der Waals surface area contributed by atoms with E-state index in [2.05, 4.69) is 26.6 Å². The summed E-state index contributed by atoms with van der Waals surface area (Å²) in [5, 5.41) is 5.57. The third-order valence-electron chi connectivity index (χ3n) is 3.27. The minimum absolute atomic E-state index is 0.360. The van der Waals surface area contributed by atoms with E-state index in [1.807, 2.05) is 32.9 Å². The van der Waals surface area contributed by atoms with E-state index in [-0.39, 0.29) is 6.03 Å². The number of carbonyl (C=O) groups excluding carboxylic acids is 1. The van der Waals surface area contributed by atoms with E-state index in [1.54, 1.807) is 24.3 Å². The highest BCUT2D eigenvalue weighted by Crippen LogP contribution is 2.40. The van der Waals surface area contributed by atoms with Crippen LogP contribution >= 0.6 is 15.9 Å². The standard InChI is InChI=1S/C19H23BrN2O4/c1-4-24-16-11-15(12-17(25-5-2)18(16)26-6-3)22-19(23)21-14-9-7-13(20)8-10-14/h7-12H,4-6H2,1-3H3,(H2,21,22,23). The molecule has 0 aliphatic rings. The molecule has 140 valence electrons. The average molecular weight is 423 g/mol. The fourth-order valence-corrected chi connectivity index (χ4v) is 2.55. The molecule has 0 aliphatic carbocycles. The Bertz CT molecular complexity index is 708. The van der Waals surface area contributed by atoms with Gasteiger partial charge in [0.15, 0.2) is 11.5 Å². The van der Waals surface area contributed by atoms with Crippen LogP contribution in [0, 0.1) is 0 Å². The maximum Gasteiger partial charge on any atom is 0.323 e. The molecule has 2 aromatic rings. The summed E-state index contributed by atoms with van der Waals surface area (Å²) in [6, 6.07) is 10.4. The summed E-state index contributed by atoms with van der Waals surface area (Å²) in [5.41, 5.74) is 1.24. The van der Waals surface area contributed by atoms with Gasteiger partial charge in [0, 0.05) is 22.3 Å². The Morgan fingerprint density at radius 2 is 1.35 bits per heavy atom. The second kappa shape index (κ2) is 9.91. The lowest BCUT2D eigenvalue weighted by atomic mass is 10.2. The summed E-state index contributed by atoms with van der Waals surface area (Å²) in [4.78, 5) is 12.3. The Hall–Kier alpha value is -2.41. The SMILES string of the molecule is CCOc1cc(NC(=O)Nc2ccc(Br)cc2)cc(OCC)c1OCC. The topological polar surface area (TPSA) is 68.8 Å². The molecule has 0 radical (unpaired) electrons. The van der Waals surface area contributed by atoms with Crippen LogP contribution in [0.15, 0.2) is 40.9 Å². The van der Waals surface area contributed by atoms with Gasteiger partial charge >= 0.3 is 6.03 Å². The predicted octanol–water partition coefficient (Wildman–Crippen LogP) is 5.29. The van der Waals surface area contributed by atoms with Crippen LogP contribution in [-0.4, -0.2) is 25.9 Å². The number of ether oxygens (including phenoxy) is 3. The monoisotopic (exact) mass is 422 g/mol. The number of benzene rings is 2. The van der Waals surface area contributed by atoms with Gasteiger partial charge in [-0.1, -0.05) is 15.9 Å². The number of halogens is 1. The van der Waals surface area contributed by atoms with Gasteiger partial charge in [-0.2, -0.15) is 0 Å². The van der Waals surface area contributed by atoms with E-state index < -0.39 is 0 Å². The zero-order valence-corrected chi connectivity index (χ0v) is 16.7. The van der Waals surface area contributed by atoms with Crippen LogP contribution in [-0.2, 0) is 0 Å². The largest absolute Gasteiger partial charge is 0.490 e. The number of urea groups is 1. The second-order valence-electron chi connectivity index (χ2n) is 5.19. The number of amides is 2. The molecule has 0 spiro atoms. The zero-order chi connectivity index (χ0) is 18.9. The van der Waals surface area contributed by atoms with Gasteiger partial charge in [-0.3, -0.25) is 0 Å². The van der Waals surface area contributed by atoms with E-state index in [4.69, 9.17) is 14.2 Å². The van der Waals surface area contributed by atoms with Gasteiger partial charge in [0.05, 0.1) is 25.5 Å². The molecule has 2 N–H and O–H groups in total. The van der Waals surface area contributed by atoms with Crippen molar-refractivity contribution in [3.8, 4) is 17.2 Å². The van der Waals surface area contributed by atoms with Gasteiger partial charge in [-0.15, -0.1) is 0 Å². The molecule has 2 rings (SSSR count). The highest BCUT2D eigenvalue weighted by atomic mass is 79.9. The smallest absolute Gasteiger partial charge is 0.323 e. The maximum atomic E-state index is 12.3. The summed E-state index contributed by atoms with van der Waals surface area (Å²) < 4.78 is 17.9. The van der Waals surface area contributed by atoms with Gasteiger partial charge < -0.3 is 24.8 Å². The molecule has 0 bridgehead atoms. The lowest BCUT2D eigenvalue weighted by Crippen LogP contribution is -2.19. The summed E-state index contributed by atoms with van der Waals surface area (Å²) in [6.07, 6.45) is 0. The molecule has 6 nitrogen and oxygen atoms in total. The highest BCUT2D eigenvalue weighted by molar-refractivity contribution is 9.10. The minimum atomic E-state index is -0.360. The van der Waals surface area contributed by atoms with Crippen molar-refractivity contribution in [2.24, 2.45) is 0 Å². The summed E-state index contributed by atoms with van der Waals surface area (Å²) in [5.74, 6) is 1.59. The van der Waals surface area contributed by atoms with Gasteiger partial charge in [-0.05, 0) is 45.0 Å². The van der Waals surface area contributed by atoms with Gasteiger partial charge in [0.1, 0.15) is 0 Å². The van der Waals surface area contributed by atoms with Crippen LogP contribution in [0.1, 0.15) is 20.8 Å². The quantitative estimate of drug-likeness (QED) is 0.606. The van der Waals surface area contributed by atoms with Crippen LogP contribution in [0.4, 0.5) is 16.2 Å². The summed E-state index contributed by atoms with van der Waals surface area (Å²) >= 11 is 3.36. The minimum Gasteiger partial charge on any atom is -0.490 e. The van der Waals surface area contributed by atoms with E-state index >= 15 is 0 Å². The van der Waals surface area contributed by atoms with Crippen molar-refractivity contribution < 1.29 is 19.0 Å². The molecule has 0 aliphatic heterocycles. The number of hydrogen-bond acceptors (Lipinski definition) is 4. The molecule has 7 heteroatoms. The third-order valence-corrected chi connectivity index (χ3v) is 3.80. The van der Waals surface area contributed by atoms with Gasteiger partial charge in [0.2, 0.25) is 5.75 Å².